The van der Waals surface area contributed by atoms with Crippen LogP contribution in [0.2, 0.25) is 0 Å². The molecule has 0 spiro atoms. The van der Waals surface area contributed by atoms with Crippen LogP contribution in [0, 0.1) is 6.92 Å². The molecular weight excluding hydrogens is 281 g/mol. The van der Waals surface area contributed by atoms with Gasteiger partial charge in [0.1, 0.15) is 6.54 Å². The number of halogens is 3. The van der Waals surface area contributed by atoms with E-state index in [0.29, 0.717) is 24.1 Å². The molecule has 1 rings (SSSR count). The highest BCUT2D eigenvalue weighted by Crippen LogP contribution is 2.23. The summed E-state index contributed by atoms with van der Waals surface area (Å²) < 4.78 is 38.2. The first kappa shape index (κ1) is 17.3. The van der Waals surface area contributed by atoms with Crippen LogP contribution in [0.25, 0.3) is 0 Å². The lowest BCUT2D eigenvalue weighted by Crippen LogP contribution is -2.45. The summed E-state index contributed by atoms with van der Waals surface area (Å²) in [5.74, 6) is -0.607. The molecule has 0 aliphatic rings. The quantitative estimate of drug-likeness (QED) is 0.842. The number of carbonyl (C=O) groups is 1. The highest BCUT2D eigenvalue weighted by molar-refractivity contribution is 5.95. The number of rotatable bonds is 5. The molecule has 0 radical (unpaired) electrons. The SMILES string of the molecule is CCC(CC)N(CC(F)(F)F)C(=O)c1ccc(N)c(C)c1. The van der Waals surface area contributed by atoms with Gasteiger partial charge in [-0.2, -0.15) is 13.2 Å². The van der Waals surface area contributed by atoms with E-state index in [1.165, 1.54) is 12.1 Å². The van der Waals surface area contributed by atoms with E-state index in [0.717, 1.165) is 4.90 Å². The number of hydrogen-bond donors (Lipinski definition) is 1. The molecule has 0 fully saturated rings. The van der Waals surface area contributed by atoms with Gasteiger partial charge in [-0.15, -0.1) is 0 Å². The summed E-state index contributed by atoms with van der Waals surface area (Å²) in [6.45, 7) is 4.04. The zero-order chi connectivity index (χ0) is 16.2. The van der Waals surface area contributed by atoms with Crippen molar-refractivity contribution in [3.05, 3.63) is 29.3 Å². The molecule has 21 heavy (non-hydrogen) atoms. The first-order valence-electron chi connectivity index (χ1n) is 6.93. The van der Waals surface area contributed by atoms with Crippen molar-refractivity contribution in [2.75, 3.05) is 12.3 Å². The second kappa shape index (κ2) is 6.83. The average Bonchev–Trinajstić information content (AvgIpc) is 2.40. The third-order valence-electron chi connectivity index (χ3n) is 3.51. The minimum atomic E-state index is -4.42. The number of nitrogens with two attached hydrogens (primary N) is 1. The van der Waals surface area contributed by atoms with Gasteiger partial charge in [-0.05, 0) is 43.5 Å². The molecule has 0 aliphatic heterocycles. The van der Waals surface area contributed by atoms with Crippen LogP contribution in [-0.4, -0.2) is 29.6 Å². The van der Waals surface area contributed by atoms with E-state index in [2.05, 4.69) is 0 Å². The topological polar surface area (TPSA) is 46.3 Å². The van der Waals surface area contributed by atoms with Gasteiger partial charge in [-0.25, -0.2) is 0 Å². The minimum absolute atomic E-state index is 0.234. The maximum Gasteiger partial charge on any atom is 0.406 e. The van der Waals surface area contributed by atoms with E-state index in [1.54, 1.807) is 26.8 Å². The van der Waals surface area contributed by atoms with Crippen molar-refractivity contribution < 1.29 is 18.0 Å². The van der Waals surface area contributed by atoms with Gasteiger partial charge in [0.15, 0.2) is 0 Å². The van der Waals surface area contributed by atoms with E-state index < -0.39 is 24.7 Å². The number of hydrogen-bond acceptors (Lipinski definition) is 2. The second-order valence-corrected chi connectivity index (χ2v) is 5.09. The van der Waals surface area contributed by atoms with Crippen molar-refractivity contribution in [3.63, 3.8) is 0 Å². The highest BCUT2D eigenvalue weighted by Gasteiger charge is 2.36. The standard InChI is InChI=1S/C15H21F3N2O/c1-4-12(5-2)20(9-15(16,17)18)14(21)11-6-7-13(19)10(3)8-11/h6-8,12H,4-5,9,19H2,1-3H3. The van der Waals surface area contributed by atoms with Crippen molar-refractivity contribution in [3.8, 4) is 0 Å². The Morgan fingerprint density at radius 3 is 2.29 bits per heavy atom. The van der Waals surface area contributed by atoms with Crippen LogP contribution < -0.4 is 5.73 Å². The number of aryl methyl sites for hydroxylation is 1. The summed E-state index contributed by atoms with van der Waals surface area (Å²) in [4.78, 5) is 13.3. The first-order chi connectivity index (χ1) is 9.69. The number of nitrogens with zero attached hydrogens (tertiary/aromatic N) is 1. The maximum atomic E-state index is 12.7. The van der Waals surface area contributed by atoms with Crippen LogP contribution in [0.5, 0.6) is 0 Å². The molecule has 0 heterocycles. The third-order valence-corrected chi connectivity index (χ3v) is 3.51. The molecule has 0 aromatic heterocycles. The molecular formula is C15H21F3N2O. The highest BCUT2D eigenvalue weighted by atomic mass is 19.4. The lowest BCUT2D eigenvalue weighted by atomic mass is 10.1. The monoisotopic (exact) mass is 302 g/mol. The minimum Gasteiger partial charge on any atom is -0.399 e. The zero-order valence-electron chi connectivity index (χ0n) is 12.5. The Balaban J connectivity index is 3.11. The number of anilines is 1. The molecule has 118 valence electrons. The maximum absolute atomic E-state index is 12.7. The van der Waals surface area contributed by atoms with E-state index in [1.807, 2.05) is 0 Å². The molecule has 1 aromatic rings. The van der Waals surface area contributed by atoms with Crippen molar-refractivity contribution in [1.82, 2.24) is 4.90 Å². The Hall–Kier alpha value is -1.72. The zero-order valence-corrected chi connectivity index (χ0v) is 12.5. The summed E-state index contributed by atoms with van der Waals surface area (Å²) in [7, 11) is 0. The number of benzene rings is 1. The summed E-state index contributed by atoms with van der Waals surface area (Å²) in [6.07, 6.45) is -3.46. The van der Waals surface area contributed by atoms with Gasteiger partial charge in [0.05, 0.1) is 0 Å². The van der Waals surface area contributed by atoms with Crippen LogP contribution in [0.3, 0.4) is 0 Å². The van der Waals surface area contributed by atoms with Crippen molar-refractivity contribution >= 4 is 11.6 Å². The second-order valence-electron chi connectivity index (χ2n) is 5.09. The molecule has 1 amide bonds. The summed E-state index contributed by atoms with van der Waals surface area (Å²) in [5, 5.41) is 0. The van der Waals surface area contributed by atoms with E-state index in [4.69, 9.17) is 5.73 Å². The van der Waals surface area contributed by atoms with Gasteiger partial charge in [-0.3, -0.25) is 4.79 Å². The average molecular weight is 302 g/mol. The molecule has 0 bridgehead atoms. The fourth-order valence-corrected chi connectivity index (χ4v) is 2.26. The predicted octanol–water partition coefficient (Wildman–Crippen LogP) is 3.77. The molecule has 0 unspecified atom stereocenters. The lowest BCUT2D eigenvalue weighted by Gasteiger charge is -2.31. The van der Waals surface area contributed by atoms with E-state index in [9.17, 15) is 18.0 Å². The smallest absolute Gasteiger partial charge is 0.399 e. The van der Waals surface area contributed by atoms with E-state index >= 15 is 0 Å². The van der Waals surface area contributed by atoms with Crippen LogP contribution in [-0.2, 0) is 0 Å². The predicted molar refractivity (Wildman–Crippen MR) is 77.1 cm³/mol. The molecule has 0 saturated heterocycles. The summed E-state index contributed by atoms with van der Waals surface area (Å²) in [6, 6.07) is 4.11. The number of carbonyl (C=O) groups excluding carboxylic acids is 1. The third kappa shape index (κ3) is 4.65. The Bertz CT molecular complexity index is 496. The van der Waals surface area contributed by atoms with Gasteiger partial charge >= 0.3 is 6.18 Å². The fourth-order valence-electron chi connectivity index (χ4n) is 2.26. The van der Waals surface area contributed by atoms with Gasteiger partial charge in [-0.1, -0.05) is 13.8 Å². The van der Waals surface area contributed by atoms with Crippen molar-refractivity contribution in [2.24, 2.45) is 0 Å². The van der Waals surface area contributed by atoms with Crippen LogP contribution in [0.1, 0.15) is 42.6 Å². The summed E-state index contributed by atoms with van der Waals surface area (Å²) >= 11 is 0. The van der Waals surface area contributed by atoms with E-state index in [-0.39, 0.29) is 5.56 Å². The number of alkyl halides is 3. The van der Waals surface area contributed by atoms with Gasteiger partial charge < -0.3 is 10.6 Å². The Labute approximate surface area is 122 Å². The fraction of sp³-hybridized carbons (Fsp3) is 0.533. The van der Waals surface area contributed by atoms with Crippen molar-refractivity contribution in [1.29, 1.82) is 0 Å². The molecule has 0 saturated carbocycles. The van der Waals surface area contributed by atoms with Gasteiger partial charge in [0.25, 0.3) is 5.91 Å². The molecule has 0 atom stereocenters. The Morgan fingerprint density at radius 1 is 1.29 bits per heavy atom. The van der Waals surface area contributed by atoms with Gasteiger partial charge in [0.2, 0.25) is 0 Å². The first-order valence-corrected chi connectivity index (χ1v) is 6.93. The molecule has 1 aromatic carbocycles. The van der Waals surface area contributed by atoms with Gasteiger partial charge in [0, 0.05) is 17.3 Å². The van der Waals surface area contributed by atoms with Crippen LogP contribution >= 0.6 is 0 Å². The van der Waals surface area contributed by atoms with Crippen LogP contribution in [0.4, 0.5) is 18.9 Å². The molecule has 2 N–H and O–H groups in total. The normalized spacial score (nSPS) is 11.8. The van der Waals surface area contributed by atoms with Crippen molar-refractivity contribution in [2.45, 2.75) is 45.8 Å². The molecule has 6 heteroatoms. The summed E-state index contributed by atoms with van der Waals surface area (Å²) in [5.41, 5.74) is 7.10. The molecule has 0 aliphatic carbocycles. The van der Waals surface area contributed by atoms with Crippen LogP contribution in [0.15, 0.2) is 18.2 Å². The number of nitrogen functional groups attached to an aromatic ring is 1. The number of amides is 1. The largest absolute Gasteiger partial charge is 0.406 e. The Morgan fingerprint density at radius 2 is 1.86 bits per heavy atom. The lowest BCUT2D eigenvalue weighted by molar-refractivity contribution is -0.144. The Kier molecular flexibility index (Phi) is 5.63. The molecule has 3 nitrogen and oxygen atoms in total.